The first-order valence-electron chi connectivity index (χ1n) is 9.09. The van der Waals surface area contributed by atoms with Crippen LogP contribution in [0.4, 0.5) is 0 Å². The molecule has 0 aromatic heterocycles. The molecule has 0 aromatic carbocycles. The van der Waals surface area contributed by atoms with Crippen molar-refractivity contribution in [3.8, 4) is 0 Å². The van der Waals surface area contributed by atoms with Crippen LogP contribution in [-0.4, -0.2) is 61.8 Å². The van der Waals surface area contributed by atoms with Crippen LogP contribution in [-0.2, 0) is 4.74 Å². The first kappa shape index (κ1) is 17.2. The number of ether oxygens (including phenoxy) is 1. The van der Waals surface area contributed by atoms with Gasteiger partial charge in [0.2, 0.25) is 0 Å². The number of methoxy groups -OCH3 is 1. The molecule has 0 aliphatic carbocycles. The molecule has 21 heavy (non-hydrogen) atoms. The van der Waals surface area contributed by atoms with Crippen LogP contribution in [0, 0.1) is 11.8 Å². The van der Waals surface area contributed by atoms with Gasteiger partial charge in [0.15, 0.2) is 0 Å². The number of piperidine rings is 2. The highest BCUT2D eigenvalue weighted by molar-refractivity contribution is 4.79. The Hall–Kier alpha value is -0.120. The fourth-order valence-electron chi connectivity index (χ4n) is 3.94. The van der Waals surface area contributed by atoms with E-state index in [9.17, 15) is 0 Å². The Labute approximate surface area is 132 Å². The zero-order valence-electron chi connectivity index (χ0n) is 14.7. The Morgan fingerprint density at radius 2 is 1.76 bits per heavy atom. The highest BCUT2D eigenvalue weighted by Gasteiger charge is 2.25. The molecule has 2 atom stereocenters. The number of rotatable bonds is 6. The van der Waals surface area contributed by atoms with Gasteiger partial charge in [0.25, 0.3) is 0 Å². The minimum absolute atomic E-state index is 0.502. The lowest BCUT2D eigenvalue weighted by Gasteiger charge is -2.38. The van der Waals surface area contributed by atoms with Gasteiger partial charge >= 0.3 is 0 Å². The van der Waals surface area contributed by atoms with Crippen molar-refractivity contribution in [3.05, 3.63) is 0 Å². The quantitative estimate of drug-likeness (QED) is 0.748. The van der Waals surface area contributed by atoms with Crippen LogP contribution >= 0.6 is 0 Å². The van der Waals surface area contributed by atoms with Gasteiger partial charge in [-0.25, -0.2) is 0 Å². The molecule has 3 nitrogen and oxygen atoms in total. The van der Waals surface area contributed by atoms with Crippen molar-refractivity contribution in [1.82, 2.24) is 9.80 Å². The summed E-state index contributed by atoms with van der Waals surface area (Å²) in [6.07, 6.45) is 7.08. The maximum Gasteiger partial charge on any atom is 0.0595 e. The van der Waals surface area contributed by atoms with E-state index < -0.39 is 0 Å². The van der Waals surface area contributed by atoms with Gasteiger partial charge in [-0.3, -0.25) is 0 Å². The van der Waals surface area contributed by atoms with E-state index >= 15 is 0 Å². The van der Waals surface area contributed by atoms with Gasteiger partial charge in [0, 0.05) is 32.8 Å². The zero-order valence-corrected chi connectivity index (χ0v) is 14.7. The van der Waals surface area contributed by atoms with Crippen molar-refractivity contribution in [1.29, 1.82) is 0 Å². The lowest BCUT2D eigenvalue weighted by molar-refractivity contribution is 0.0260. The molecular formula is C18H36N2O. The Bertz CT molecular complexity index is 287. The Morgan fingerprint density at radius 3 is 2.38 bits per heavy atom. The molecule has 2 aliphatic heterocycles. The van der Waals surface area contributed by atoms with Gasteiger partial charge in [-0.05, 0) is 64.0 Å². The smallest absolute Gasteiger partial charge is 0.0595 e. The number of hydrogen-bond acceptors (Lipinski definition) is 3. The summed E-state index contributed by atoms with van der Waals surface area (Å²) in [6.45, 7) is 13.6. The maximum atomic E-state index is 5.47. The van der Waals surface area contributed by atoms with E-state index in [4.69, 9.17) is 4.74 Å². The van der Waals surface area contributed by atoms with Crippen LogP contribution in [0.1, 0.15) is 52.9 Å². The van der Waals surface area contributed by atoms with E-state index in [1.54, 1.807) is 0 Å². The Kier molecular flexibility index (Phi) is 6.97. The predicted molar refractivity (Wildman–Crippen MR) is 89.7 cm³/mol. The second kappa shape index (κ2) is 8.50. The van der Waals surface area contributed by atoms with Crippen LogP contribution in [0.15, 0.2) is 0 Å². The van der Waals surface area contributed by atoms with Crippen molar-refractivity contribution >= 4 is 0 Å². The van der Waals surface area contributed by atoms with E-state index in [0.717, 1.165) is 17.9 Å². The summed E-state index contributed by atoms with van der Waals surface area (Å²) in [5.41, 5.74) is 0. The molecule has 2 unspecified atom stereocenters. The van der Waals surface area contributed by atoms with Crippen LogP contribution in [0.5, 0.6) is 0 Å². The molecule has 3 heteroatoms. The summed E-state index contributed by atoms with van der Waals surface area (Å²) in [5, 5.41) is 0. The summed E-state index contributed by atoms with van der Waals surface area (Å²) in [4.78, 5) is 5.38. The molecule has 0 bridgehead atoms. The molecule has 2 heterocycles. The molecule has 0 aromatic rings. The molecule has 2 fully saturated rings. The van der Waals surface area contributed by atoms with Gasteiger partial charge < -0.3 is 14.5 Å². The largest absolute Gasteiger partial charge is 0.381 e. The maximum absolute atomic E-state index is 5.47. The standard InChI is InChI=1S/C18H36N2O/c1-15(2)17-6-5-10-19(14-17)11-7-16(3)20-12-8-18(21-4)9-13-20/h15-18H,5-14H2,1-4H3. The SMILES string of the molecule is COC1CCN(C(C)CCN2CCCC(C(C)C)C2)CC1. The van der Waals surface area contributed by atoms with E-state index in [-0.39, 0.29) is 0 Å². The number of likely N-dealkylation sites (tertiary alicyclic amines) is 2. The first-order chi connectivity index (χ1) is 10.1. The molecule has 2 rings (SSSR count). The lowest BCUT2D eigenvalue weighted by atomic mass is 9.88. The van der Waals surface area contributed by atoms with Gasteiger partial charge in [0.05, 0.1) is 6.10 Å². The Morgan fingerprint density at radius 1 is 1.05 bits per heavy atom. The number of nitrogens with zero attached hydrogens (tertiary/aromatic N) is 2. The van der Waals surface area contributed by atoms with E-state index in [1.807, 2.05) is 7.11 Å². The minimum Gasteiger partial charge on any atom is -0.381 e. The monoisotopic (exact) mass is 296 g/mol. The molecule has 2 aliphatic rings. The fraction of sp³-hybridized carbons (Fsp3) is 1.00. The van der Waals surface area contributed by atoms with E-state index in [2.05, 4.69) is 30.6 Å². The lowest BCUT2D eigenvalue weighted by Crippen LogP contribution is -2.44. The Balaban J connectivity index is 1.68. The molecule has 124 valence electrons. The topological polar surface area (TPSA) is 15.7 Å². The predicted octanol–water partition coefficient (Wildman–Crippen LogP) is 3.24. The third-order valence-corrected chi connectivity index (χ3v) is 5.78. The summed E-state index contributed by atoms with van der Waals surface area (Å²) in [6, 6.07) is 0.724. The van der Waals surface area contributed by atoms with E-state index in [0.29, 0.717) is 6.10 Å². The third-order valence-electron chi connectivity index (χ3n) is 5.78. The number of hydrogen-bond donors (Lipinski definition) is 0. The highest BCUT2D eigenvalue weighted by Crippen LogP contribution is 2.24. The van der Waals surface area contributed by atoms with Crippen LogP contribution < -0.4 is 0 Å². The van der Waals surface area contributed by atoms with E-state index in [1.165, 1.54) is 64.8 Å². The molecule has 0 amide bonds. The van der Waals surface area contributed by atoms with Crippen LogP contribution in [0.2, 0.25) is 0 Å². The fourth-order valence-corrected chi connectivity index (χ4v) is 3.94. The minimum atomic E-state index is 0.502. The second-order valence-electron chi connectivity index (χ2n) is 7.56. The molecule has 0 radical (unpaired) electrons. The van der Waals surface area contributed by atoms with Gasteiger partial charge in [-0.15, -0.1) is 0 Å². The highest BCUT2D eigenvalue weighted by atomic mass is 16.5. The van der Waals surface area contributed by atoms with Crippen molar-refractivity contribution in [2.75, 3.05) is 39.8 Å². The average Bonchev–Trinajstić information content (AvgIpc) is 2.53. The third kappa shape index (κ3) is 5.22. The normalized spacial score (nSPS) is 28.1. The summed E-state index contributed by atoms with van der Waals surface area (Å²) >= 11 is 0. The summed E-state index contributed by atoms with van der Waals surface area (Å²) in [5.74, 6) is 1.77. The average molecular weight is 296 g/mol. The van der Waals surface area contributed by atoms with Gasteiger partial charge in [-0.2, -0.15) is 0 Å². The van der Waals surface area contributed by atoms with Crippen molar-refractivity contribution in [2.24, 2.45) is 11.8 Å². The molecular weight excluding hydrogens is 260 g/mol. The summed E-state index contributed by atoms with van der Waals surface area (Å²) in [7, 11) is 1.85. The van der Waals surface area contributed by atoms with Gasteiger partial charge in [-0.1, -0.05) is 13.8 Å². The van der Waals surface area contributed by atoms with Gasteiger partial charge in [0.1, 0.15) is 0 Å². The zero-order chi connectivity index (χ0) is 15.2. The van der Waals surface area contributed by atoms with Crippen molar-refractivity contribution in [2.45, 2.75) is 65.0 Å². The first-order valence-corrected chi connectivity index (χ1v) is 9.09. The summed E-state index contributed by atoms with van der Waals surface area (Å²) < 4.78 is 5.47. The van der Waals surface area contributed by atoms with Crippen molar-refractivity contribution < 1.29 is 4.74 Å². The molecule has 0 spiro atoms. The van der Waals surface area contributed by atoms with Crippen LogP contribution in [0.3, 0.4) is 0 Å². The van der Waals surface area contributed by atoms with Crippen LogP contribution in [0.25, 0.3) is 0 Å². The molecule has 2 saturated heterocycles. The second-order valence-corrected chi connectivity index (χ2v) is 7.56. The molecule has 0 saturated carbocycles. The van der Waals surface area contributed by atoms with Crippen molar-refractivity contribution in [3.63, 3.8) is 0 Å². The molecule has 0 N–H and O–H groups in total.